The first-order valence-electron chi connectivity index (χ1n) is 4.42. The van der Waals surface area contributed by atoms with Crippen LogP contribution in [0.1, 0.15) is 6.42 Å². The number of alkyl halides is 1. The summed E-state index contributed by atoms with van der Waals surface area (Å²) < 4.78 is 0. The monoisotopic (exact) mass is 234 g/mol. The molecule has 0 amide bonds. The van der Waals surface area contributed by atoms with Gasteiger partial charge in [-0.3, -0.25) is 0 Å². The van der Waals surface area contributed by atoms with Crippen molar-refractivity contribution in [2.24, 2.45) is 0 Å². The van der Waals surface area contributed by atoms with Crippen LogP contribution in [-0.2, 0) is 0 Å². The van der Waals surface area contributed by atoms with Crippen molar-refractivity contribution in [3.63, 3.8) is 0 Å². The molecule has 1 aliphatic rings. The summed E-state index contributed by atoms with van der Waals surface area (Å²) >= 11 is 3.41. The molecule has 0 spiro atoms. The predicted octanol–water partition coefficient (Wildman–Crippen LogP) is 1.97. The Balaban J connectivity index is 2.55. The first-order chi connectivity index (χ1) is 6.40. The Bertz CT molecular complexity index is 440. The number of hydrogen-bond acceptors (Lipinski definition) is 0. The van der Waals surface area contributed by atoms with Gasteiger partial charge in [-0.1, -0.05) is 58.4 Å². The molecule has 66 valence electrons. The van der Waals surface area contributed by atoms with Gasteiger partial charge < -0.3 is 0 Å². The third-order valence-corrected chi connectivity index (χ3v) is 2.56. The van der Waals surface area contributed by atoms with Crippen molar-refractivity contribution in [3.05, 3.63) is 46.4 Å². The fourth-order valence-electron chi connectivity index (χ4n) is 1.56. The Morgan fingerprint density at radius 1 is 1.23 bits per heavy atom. The van der Waals surface area contributed by atoms with Gasteiger partial charge in [0.1, 0.15) is 0 Å². The molecule has 1 aromatic carbocycles. The van der Waals surface area contributed by atoms with Crippen LogP contribution in [-0.4, -0.2) is 5.33 Å². The maximum Gasteiger partial charge on any atom is 0.0217 e. The molecule has 0 fully saturated rings. The summed E-state index contributed by atoms with van der Waals surface area (Å²) in [6.07, 6.45) is 7.81. The summed E-state index contributed by atoms with van der Waals surface area (Å²) in [7, 11) is 0. The summed E-state index contributed by atoms with van der Waals surface area (Å²) in [5.74, 6) is 0. The number of allylic oxidation sites excluding steroid dienone is 2. The molecule has 1 aromatic rings. The van der Waals surface area contributed by atoms with Crippen molar-refractivity contribution in [2.45, 2.75) is 6.42 Å². The number of benzene rings is 1. The van der Waals surface area contributed by atoms with Crippen LogP contribution in [0.25, 0.3) is 12.2 Å². The summed E-state index contributed by atoms with van der Waals surface area (Å²) in [5, 5.41) is 3.63. The Kier molecular flexibility index (Phi) is 2.65. The van der Waals surface area contributed by atoms with Gasteiger partial charge in [0.05, 0.1) is 0 Å². The van der Waals surface area contributed by atoms with E-state index in [1.54, 1.807) is 0 Å². The molecule has 13 heavy (non-hydrogen) atoms. The van der Waals surface area contributed by atoms with Gasteiger partial charge in [-0.15, -0.1) is 0 Å². The van der Waals surface area contributed by atoms with E-state index in [0.29, 0.717) is 0 Å². The average Bonchev–Trinajstić information content (AvgIpc) is 2.18. The van der Waals surface area contributed by atoms with Crippen molar-refractivity contribution in [3.8, 4) is 0 Å². The number of rotatable bonds is 1. The highest BCUT2D eigenvalue weighted by Crippen LogP contribution is 2.06. The Morgan fingerprint density at radius 2 is 2.00 bits per heavy atom. The van der Waals surface area contributed by atoms with Gasteiger partial charge in [0.2, 0.25) is 0 Å². The third-order valence-electron chi connectivity index (χ3n) is 2.23. The van der Waals surface area contributed by atoms with Crippen LogP contribution in [0.4, 0.5) is 0 Å². The lowest BCUT2D eigenvalue weighted by molar-refractivity contribution is 1.31. The highest BCUT2D eigenvalue weighted by atomic mass is 79.9. The molecule has 0 aliphatic heterocycles. The molecule has 0 nitrogen and oxygen atoms in total. The second-order valence-corrected chi connectivity index (χ2v) is 3.76. The number of hydrogen-bond donors (Lipinski definition) is 0. The SMILES string of the molecule is BrC/C=C1/C=c2ccccc2=CC1. The molecule has 0 aromatic heterocycles. The maximum absolute atomic E-state index is 3.41. The van der Waals surface area contributed by atoms with Gasteiger partial charge in [0, 0.05) is 5.33 Å². The zero-order valence-corrected chi connectivity index (χ0v) is 8.92. The fraction of sp³-hybridized carbons (Fsp3) is 0.167. The largest absolute Gasteiger partial charge is 0.0883 e. The van der Waals surface area contributed by atoms with Gasteiger partial charge in [-0.05, 0) is 22.4 Å². The van der Waals surface area contributed by atoms with E-state index < -0.39 is 0 Å². The molecule has 0 saturated heterocycles. The van der Waals surface area contributed by atoms with E-state index in [0.717, 1.165) is 11.8 Å². The van der Waals surface area contributed by atoms with Crippen LogP contribution in [0.15, 0.2) is 35.9 Å². The van der Waals surface area contributed by atoms with Gasteiger partial charge in [0.25, 0.3) is 0 Å². The third kappa shape index (κ3) is 1.92. The second-order valence-electron chi connectivity index (χ2n) is 3.11. The van der Waals surface area contributed by atoms with Crippen molar-refractivity contribution in [2.75, 3.05) is 5.33 Å². The van der Waals surface area contributed by atoms with E-state index in [1.807, 2.05) is 0 Å². The lowest BCUT2D eigenvalue weighted by atomic mass is 10.0. The predicted molar refractivity (Wildman–Crippen MR) is 61.1 cm³/mol. The molecule has 0 heterocycles. The lowest BCUT2D eigenvalue weighted by Crippen LogP contribution is -2.26. The zero-order valence-electron chi connectivity index (χ0n) is 7.33. The van der Waals surface area contributed by atoms with Crippen LogP contribution in [0.2, 0.25) is 0 Å². The minimum atomic E-state index is 0.939. The summed E-state index contributed by atoms with van der Waals surface area (Å²) in [5.41, 5.74) is 1.40. The van der Waals surface area contributed by atoms with Crippen LogP contribution < -0.4 is 10.4 Å². The van der Waals surface area contributed by atoms with E-state index in [-0.39, 0.29) is 0 Å². The molecule has 0 atom stereocenters. The maximum atomic E-state index is 3.41. The number of fused-ring (bicyclic) bond motifs is 1. The minimum Gasteiger partial charge on any atom is -0.0883 e. The lowest BCUT2D eigenvalue weighted by Gasteiger charge is -2.03. The molecular formula is C12H11Br. The molecular weight excluding hydrogens is 224 g/mol. The number of halogens is 1. The Labute approximate surface area is 86.4 Å². The van der Waals surface area contributed by atoms with E-state index in [2.05, 4.69) is 58.4 Å². The quantitative estimate of drug-likeness (QED) is 0.653. The minimum absolute atomic E-state index is 0.939. The first kappa shape index (κ1) is 8.76. The molecule has 0 saturated carbocycles. The van der Waals surface area contributed by atoms with E-state index in [1.165, 1.54) is 16.0 Å². The molecule has 0 bridgehead atoms. The van der Waals surface area contributed by atoms with Gasteiger partial charge in [0.15, 0.2) is 0 Å². The van der Waals surface area contributed by atoms with Crippen molar-refractivity contribution >= 4 is 28.1 Å². The highest BCUT2D eigenvalue weighted by molar-refractivity contribution is 9.09. The van der Waals surface area contributed by atoms with Crippen molar-refractivity contribution in [1.29, 1.82) is 0 Å². The van der Waals surface area contributed by atoms with Gasteiger partial charge in [-0.25, -0.2) is 0 Å². The topological polar surface area (TPSA) is 0 Å². The summed E-state index contributed by atoms with van der Waals surface area (Å²) in [4.78, 5) is 0. The summed E-state index contributed by atoms with van der Waals surface area (Å²) in [6, 6.07) is 8.49. The fourth-order valence-corrected chi connectivity index (χ4v) is 1.97. The molecule has 0 unspecified atom stereocenters. The van der Waals surface area contributed by atoms with Crippen molar-refractivity contribution < 1.29 is 0 Å². The molecule has 2 rings (SSSR count). The van der Waals surface area contributed by atoms with E-state index in [4.69, 9.17) is 0 Å². The van der Waals surface area contributed by atoms with Gasteiger partial charge >= 0.3 is 0 Å². The molecule has 0 N–H and O–H groups in total. The molecule has 1 heteroatoms. The second kappa shape index (κ2) is 3.93. The molecule has 0 radical (unpaired) electrons. The van der Waals surface area contributed by atoms with Crippen LogP contribution in [0.5, 0.6) is 0 Å². The molecule has 1 aliphatic carbocycles. The average molecular weight is 235 g/mol. The summed E-state index contributed by atoms with van der Waals surface area (Å²) in [6.45, 7) is 0. The van der Waals surface area contributed by atoms with E-state index in [9.17, 15) is 0 Å². The van der Waals surface area contributed by atoms with E-state index >= 15 is 0 Å². The van der Waals surface area contributed by atoms with Crippen LogP contribution >= 0.6 is 15.9 Å². The van der Waals surface area contributed by atoms with Crippen LogP contribution in [0.3, 0.4) is 0 Å². The zero-order chi connectivity index (χ0) is 9.10. The van der Waals surface area contributed by atoms with Crippen LogP contribution in [0, 0.1) is 0 Å². The standard InChI is InChI=1S/C12H11Br/c13-8-7-10-5-6-11-3-1-2-4-12(11)9-10/h1-4,6-7,9H,5,8H2/b10-7+. The van der Waals surface area contributed by atoms with Gasteiger partial charge in [-0.2, -0.15) is 0 Å². The highest BCUT2D eigenvalue weighted by Gasteiger charge is 1.96. The first-order valence-corrected chi connectivity index (χ1v) is 5.54. The Morgan fingerprint density at radius 3 is 2.77 bits per heavy atom. The normalized spacial score (nSPS) is 17.5. The van der Waals surface area contributed by atoms with Crippen molar-refractivity contribution in [1.82, 2.24) is 0 Å². The smallest absolute Gasteiger partial charge is 0.0217 e. The Hall–Kier alpha value is -0.820.